The number of aromatic nitrogens is 4. The highest BCUT2D eigenvalue weighted by Gasteiger charge is 2.32. The number of nitrogens with one attached hydrogen (secondary N) is 1. The number of fused-ring (bicyclic) bond motifs is 1. The third-order valence-electron chi connectivity index (χ3n) is 7.71. The molecule has 0 saturated heterocycles. The minimum absolute atomic E-state index is 0.0213. The van der Waals surface area contributed by atoms with E-state index in [1.54, 1.807) is 54.3 Å². The Labute approximate surface area is 267 Å². The van der Waals surface area contributed by atoms with Crippen molar-refractivity contribution in [3.8, 4) is 22.4 Å². The van der Waals surface area contributed by atoms with Gasteiger partial charge in [0.2, 0.25) is 5.91 Å². The molecular weight excluding hydrogens is 614 g/mol. The van der Waals surface area contributed by atoms with Crippen LogP contribution in [0.25, 0.3) is 33.3 Å². The Morgan fingerprint density at radius 1 is 1.04 bits per heavy atom. The van der Waals surface area contributed by atoms with Crippen molar-refractivity contribution in [3.05, 3.63) is 107 Å². The van der Waals surface area contributed by atoms with Crippen LogP contribution >= 0.6 is 11.6 Å². The average molecular weight is 641 g/mol. The summed E-state index contributed by atoms with van der Waals surface area (Å²) >= 11 is 6.19. The van der Waals surface area contributed by atoms with Gasteiger partial charge in [0.05, 0.1) is 35.2 Å². The fourth-order valence-electron chi connectivity index (χ4n) is 5.43. The van der Waals surface area contributed by atoms with Crippen molar-refractivity contribution < 1.29 is 23.2 Å². The molecule has 0 aliphatic carbocycles. The van der Waals surface area contributed by atoms with Crippen molar-refractivity contribution in [2.45, 2.75) is 26.6 Å². The normalized spacial score (nSPS) is 14.4. The third-order valence-corrected chi connectivity index (χ3v) is 8.01. The maximum Gasteiger partial charge on any atom is 0.247 e. The van der Waals surface area contributed by atoms with E-state index in [9.17, 15) is 18.8 Å². The van der Waals surface area contributed by atoms with Crippen LogP contribution in [0.1, 0.15) is 23.1 Å². The van der Waals surface area contributed by atoms with E-state index >= 15 is 4.39 Å². The molecule has 232 valence electrons. The molecule has 46 heavy (non-hydrogen) atoms. The molecule has 0 radical (unpaired) electrons. The molecule has 0 bridgehead atoms. The second-order valence-corrected chi connectivity index (χ2v) is 11.2. The molecule has 0 unspecified atom stereocenters. The number of benzene rings is 2. The molecule has 1 amide bonds. The summed E-state index contributed by atoms with van der Waals surface area (Å²) in [6.45, 7) is 2.24. The third kappa shape index (κ3) is 6.01. The number of alkyl halides is 1. The highest BCUT2D eigenvalue weighted by atomic mass is 35.5. The fourth-order valence-corrected chi connectivity index (χ4v) is 5.65. The van der Waals surface area contributed by atoms with Gasteiger partial charge in [-0.25, -0.2) is 18.7 Å². The summed E-state index contributed by atoms with van der Waals surface area (Å²) in [6, 6.07) is 13.2. The number of nitrogens with zero attached hydrogens (tertiary/aromatic N) is 5. The number of hydrogen-bond acceptors (Lipinski definition) is 7. The lowest BCUT2D eigenvalue weighted by atomic mass is 10.0. The number of rotatable bonds is 9. The maximum atomic E-state index is 15.4. The van der Waals surface area contributed by atoms with Crippen LogP contribution in [-0.4, -0.2) is 61.2 Å². The summed E-state index contributed by atoms with van der Waals surface area (Å²) < 4.78 is 31.6. The van der Waals surface area contributed by atoms with Gasteiger partial charge in [-0.05, 0) is 61.9 Å². The Morgan fingerprint density at radius 3 is 2.57 bits per heavy atom. The smallest absolute Gasteiger partial charge is 0.247 e. The second kappa shape index (κ2) is 12.6. The first kappa shape index (κ1) is 30.7. The van der Waals surface area contributed by atoms with Gasteiger partial charge in [-0.1, -0.05) is 23.7 Å². The molecule has 6 rings (SSSR count). The van der Waals surface area contributed by atoms with Crippen LogP contribution < -0.4 is 5.32 Å². The molecule has 0 fully saturated rings. The van der Waals surface area contributed by atoms with Crippen molar-refractivity contribution in [2.24, 2.45) is 0 Å². The van der Waals surface area contributed by atoms with Gasteiger partial charge in [0, 0.05) is 52.4 Å². The predicted molar refractivity (Wildman–Crippen MR) is 171 cm³/mol. The van der Waals surface area contributed by atoms with E-state index in [1.807, 2.05) is 12.1 Å². The first-order valence-corrected chi connectivity index (χ1v) is 14.7. The topological polar surface area (TPSA) is 110 Å². The van der Waals surface area contributed by atoms with Gasteiger partial charge in [0.1, 0.15) is 18.5 Å². The number of anilines is 1. The number of ketones is 2. The first-order chi connectivity index (χ1) is 22.1. The SMILES string of the molecule is CC(=O)c1cn(CC(=O)N2C[C@H](F)C=C2C(=O)CNc2cccc(-c3ncccc3Cl)c2F)c2ccc(-c3cnc(C)nc3)cc12. The van der Waals surface area contributed by atoms with Gasteiger partial charge >= 0.3 is 0 Å². The van der Waals surface area contributed by atoms with Gasteiger partial charge in [-0.15, -0.1) is 0 Å². The Hall–Kier alpha value is -5.29. The molecule has 4 heterocycles. The van der Waals surface area contributed by atoms with Gasteiger partial charge in [0.25, 0.3) is 0 Å². The van der Waals surface area contributed by atoms with E-state index in [-0.39, 0.29) is 46.5 Å². The van der Waals surface area contributed by atoms with Crippen LogP contribution in [0, 0.1) is 12.7 Å². The lowest BCUT2D eigenvalue weighted by Crippen LogP contribution is -2.36. The van der Waals surface area contributed by atoms with Gasteiger partial charge < -0.3 is 14.8 Å². The Morgan fingerprint density at radius 2 is 1.83 bits per heavy atom. The van der Waals surface area contributed by atoms with Gasteiger partial charge in [-0.2, -0.15) is 0 Å². The highest BCUT2D eigenvalue weighted by Crippen LogP contribution is 2.32. The number of carbonyl (C=O) groups is 3. The largest absolute Gasteiger partial charge is 0.375 e. The lowest BCUT2D eigenvalue weighted by Gasteiger charge is -2.21. The molecular formula is C34H27ClF2N6O3. The van der Waals surface area contributed by atoms with Gasteiger partial charge in [0.15, 0.2) is 17.4 Å². The molecule has 2 aromatic carbocycles. The summed E-state index contributed by atoms with van der Waals surface area (Å²) in [7, 11) is 0. The zero-order valence-corrected chi connectivity index (χ0v) is 25.6. The molecule has 1 atom stereocenters. The fraction of sp³-hybridized carbons (Fsp3) is 0.176. The zero-order valence-electron chi connectivity index (χ0n) is 24.8. The number of halogens is 3. The van der Waals surface area contributed by atoms with Crippen LogP contribution in [-0.2, 0) is 16.1 Å². The number of Topliss-reactive ketones (excluding diaryl/α,β-unsaturated/α-hetero) is 2. The number of aryl methyl sites for hydroxylation is 1. The Bertz CT molecular complexity index is 2040. The van der Waals surface area contributed by atoms with E-state index in [1.165, 1.54) is 25.3 Å². The average Bonchev–Trinajstić information content (AvgIpc) is 3.61. The standard InChI is InChI=1S/C34H27ClF2N6O3/c1-19(44)26-17-42(29-9-8-21(11-25(26)29)22-13-39-20(2)40-14-22)18-32(46)43-16-23(36)12-30(43)31(45)15-41-28-7-3-5-24(33(28)37)34-27(35)6-4-10-38-34/h3-14,17,23,41H,15-16,18H2,1-2H3/t23-/m1/s1. The monoisotopic (exact) mass is 640 g/mol. The zero-order chi connectivity index (χ0) is 32.5. The molecule has 3 aromatic heterocycles. The number of pyridine rings is 1. The van der Waals surface area contributed by atoms with Crippen molar-refractivity contribution >= 4 is 45.7 Å². The Kier molecular flexibility index (Phi) is 8.42. The molecule has 0 saturated carbocycles. The summed E-state index contributed by atoms with van der Waals surface area (Å²) in [5.74, 6) is -1.36. The first-order valence-electron chi connectivity index (χ1n) is 14.4. The minimum Gasteiger partial charge on any atom is -0.375 e. The quantitative estimate of drug-likeness (QED) is 0.191. The molecule has 1 aliphatic heterocycles. The van der Waals surface area contributed by atoms with Crippen molar-refractivity contribution in [1.82, 2.24) is 24.4 Å². The summed E-state index contributed by atoms with van der Waals surface area (Å²) in [5, 5.41) is 3.66. The van der Waals surface area contributed by atoms with Gasteiger partial charge in [-0.3, -0.25) is 19.4 Å². The van der Waals surface area contributed by atoms with E-state index in [0.29, 0.717) is 22.3 Å². The molecule has 0 spiro atoms. The number of carbonyl (C=O) groups excluding carboxylic acids is 3. The molecule has 1 aliphatic rings. The number of amides is 1. The van der Waals surface area contributed by atoms with E-state index in [4.69, 9.17) is 11.6 Å². The van der Waals surface area contributed by atoms with E-state index < -0.39 is 30.2 Å². The highest BCUT2D eigenvalue weighted by molar-refractivity contribution is 6.33. The summed E-state index contributed by atoms with van der Waals surface area (Å²) in [6.07, 6.45) is 6.00. The molecule has 5 aromatic rings. The van der Waals surface area contributed by atoms with Crippen LogP contribution in [0.5, 0.6) is 0 Å². The molecule has 12 heteroatoms. The second-order valence-electron chi connectivity index (χ2n) is 10.8. The van der Waals surface area contributed by atoms with E-state index in [0.717, 1.165) is 22.1 Å². The van der Waals surface area contributed by atoms with Crippen molar-refractivity contribution in [2.75, 3.05) is 18.4 Å². The maximum absolute atomic E-state index is 15.4. The van der Waals surface area contributed by atoms with Crippen molar-refractivity contribution in [1.29, 1.82) is 0 Å². The number of hydrogen-bond donors (Lipinski definition) is 1. The van der Waals surface area contributed by atoms with Crippen LogP contribution in [0.4, 0.5) is 14.5 Å². The lowest BCUT2D eigenvalue weighted by molar-refractivity contribution is -0.132. The van der Waals surface area contributed by atoms with E-state index in [2.05, 4.69) is 20.3 Å². The molecule has 9 nitrogen and oxygen atoms in total. The molecule has 1 N–H and O–H groups in total. The van der Waals surface area contributed by atoms with Crippen LogP contribution in [0.2, 0.25) is 5.02 Å². The summed E-state index contributed by atoms with van der Waals surface area (Å²) in [5.41, 5.74) is 2.89. The predicted octanol–water partition coefficient (Wildman–Crippen LogP) is 6.21. The van der Waals surface area contributed by atoms with Crippen molar-refractivity contribution in [3.63, 3.8) is 0 Å². The minimum atomic E-state index is -1.55. The Balaban J connectivity index is 1.20. The summed E-state index contributed by atoms with van der Waals surface area (Å²) in [4.78, 5) is 53.0. The van der Waals surface area contributed by atoms with Crippen LogP contribution in [0.3, 0.4) is 0 Å². The van der Waals surface area contributed by atoms with Crippen LogP contribution in [0.15, 0.2) is 85.1 Å².